The van der Waals surface area contributed by atoms with Crippen molar-refractivity contribution in [3.05, 3.63) is 71.2 Å². The zero-order chi connectivity index (χ0) is 20.4. The van der Waals surface area contributed by atoms with Crippen LogP contribution in [0.4, 0.5) is 8.78 Å². The highest BCUT2D eigenvalue weighted by Gasteiger charge is 2.14. The lowest BCUT2D eigenvalue weighted by atomic mass is 10.0. The number of benzene rings is 2. The SMILES string of the molecule is CC(=O)N(C)CCc1cc(C)cc(C)c1-n1cnc(-c2ccc(F)cc2F)c1. The van der Waals surface area contributed by atoms with E-state index < -0.39 is 11.6 Å². The van der Waals surface area contributed by atoms with Crippen molar-refractivity contribution in [1.29, 1.82) is 0 Å². The number of carbonyl (C=O) groups excluding carboxylic acids is 1. The maximum Gasteiger partial charge on any atom is 0.219 e. The van der Waals surface area contributed by atoms with E-state index in [4.69, 9.17) is 0 Å². The summed E-state index contributed by atoms with van der Waals surface area (Å²) in [6, 6.07) is 7.63. The van der Waals surface area contributed by atoms with Crippen LogP contribution in [0.2, 0.25) is 0 Å². The van der Waals surface area contributed by atoms with Gasteiger partial charge in [0.05, 0.1) is 17.7 Å². The number of nitrogens with zero attached hydrogens (tertiary/aromatic N) is 3. The smallest absolute Gasteiger partial charge is 0.219 e. The lowest BCUT2D eigenvalue weighted by Gasteiger charge is -2.18. The molecule has 0 saturated heterocycles. The van der Waals surface area contributed by atoms with E-state index in [0.717, 1.165) is 28.4 Å². The molecule has 4 nitrogen and oxygen atoms in total. The van der Waals surface area contributed by atoms with Gasteiger partial charge in [-0.15, -0.1) is 0 Å². The second kappa shape index (κ2) is 7.92. The fourth-order valence-electron chi connectivity index (χ4n) is 3.33. The molecule has 0 radical (unpaired) electrons. The number of likely N-dealkylation sites (N-methyl/N-ethyl adjacent to an activating group) is 1. The molecular weight excluding hydrogens is 360 g/mol. The Balaban J connectivity index is 1.99. The molecule has 146 valence electrons. The highest BCUT2D eigenvalue weighted by atomic mass is 19.1. The van der Waals surface area contributed by atoms with Crippen LogP contribution >= 0.6 is 0 Å². The summed E-state index contributed by atoms with van der Waals surface area (Å²) >= 11 is 0. The van der Waals surface area contributed by atoms with Gasteiger partial charge in [-0.1, -0.05) is 17.7 Å². The molecule has 0 aliphatic rings. The third kappa shape index (κ3) is 4.11. The fraction of sp³-hybridized carbons (Fsp3) is 0.273. The van der Waals surface area contributed by atoms with E-state index in [1.807, 2.05) is 18.4 Å². The van der Waals surface area contributed by atoms with Gasteiger partial charge < -0.3 is 9.47 Å². The third-order valence-electron chi connectivity index (χ3n) is 4.83. The standard InChI is InChI=1S/C22H23F2N3O/c1-14-9-15(2)22(17(10-14)7-8-26(4)16(3)28)27-12-21(25-13-27)19-6-5-18(23)11-20(19)24/h5-6,9-13H,7-8H2,1-4H3. The molecule has 1 heterocycles. The Morgan fingerprint density at radius 1 is 1.18 bits per heavy atom. The van der Waals surface area contributed by atoms with Crippen molar-refractivity contribution in [1.82, 2.24) is 14.5 Å². The highest BCUT2D eigenvalue weighted by Crippen LogP contribution is 2.27. The summed E-state index contributed by atoms with van der Waals surface area (Å²) < 4.78 is 29.2. The molecule has 6 heteroatoms. The fourth-order valence-corrected chi connectivity index (χ4v) is 3.33. The van der Waals surface area contributed by atoms with Crippen LogP contribution in [0, 0.1) is 25.5 Å². The van der Waals surface area contributed by atoms with Crippen LogP contribution < -0.4 is 0 Å². The lowest BCUT2D eigenvalue weighted by molar-refractivity contribution is -0.127. The van der Waals surface area contributed by atoms with Gasteiger partial charge in [-0.05, 0) is 43.5 Å². The van der Waals surface area contributed by atoms with E-state index in [1.54, 1.807) is 31.4 Å². The van der Waals surface area contributed by atoms with Gasteiger partial charge in [-0.2, -0.15) is 0 Å². The van der Waals surface area contributed by atoms with Crippen molar-refractivity contribution < 1.29 is 13.6 Å². The predicted molar refractivity (Wildman–Crippen MR) is 105 cm³/mol. The monoisotopic (exact) mass is 383 g/mol. The average Bonchev–Trinajstić information content (AvgIpc) is 3.08. The molecule has 0 aliphatic carbocycles. The number of halogens is 2. The van der Waals surface area contributed by atoms with E-state index in [1.165, 1.54) is 12.1 Å². The minimum Gasteiger partial charge on any atom is -0.346 e. The van der Waals surface area contributed by atoms with Crippen molar-refractivity contribution >= 4 is 5.91 Å². The van der Waals surface area contributed by atoms with Crippen LogP contribution in [-0.2, 0) is 11.2 Å². The minimum absolute atomic E-state index is 0.0163. The second-order valence-electron chi connectivity index (χ2n) is 7.07. The van der Waals surface area contributed by atoms with Crippen molar-refractivity contribution in [3.8, 4) is 16.9 Å². The van der Waals surface area contributed by atoms with E-state index in [9.17, 15) is 13.6 Å². The van der Waals surface area contributed by atoms with Gasteiger partial charge in [0.25, 0.3) is 0 Å². The first kappa shape index (κ1) is 19.7. The molecule has 0 unspecified atom stereocenters. The number of hydrogen-bond acceptors (Lipinski definition) is 2. The van der Waals surface area contributed by atoms with Crippen molar-refractivity contribution in [2.24, 2.45) is 0 Å². The van der Waals surface area contributed by atoms with Crippen LogP contribution in [0.1, 0.15) is 23.6 Å². The number of hydrogen-bond donors (Lipinski definition) is 0. The van der Waals surface area contributed by atoms with Crippen molar-refractivity contribution in [3.63, 3.8) is 0 Å². The van der Waals surface area contributed by atoms with E-state index in [0.29, 0.717) is 18.7 Å². The maximum absolute atomic E-state index is 14.1. The maximum atomic E-state index is 14.1. The van der Waals surface area contributed by atoms with Gasteiger partial charge in [-0.25, -0.2) is 13.8 Å². The van der Waals surface area contributed by atoms with Crippen molar-refractivity contribution in [2.75, 3.05) is 13.6 Å². The molecule has 1 amide bonds. The third-order valence-corrected chi connectivity index (χ3v) is 4.83. The Morgan fingerprint density at radius 2 is 1.93 bits per heavy atom. The van der Waals surface area contributed by atoms with E-state index in [2.05, 4.69) is 17.1 Å². The number of aryl methyl sites for hydroxylation is 2. The zero-order valence-electron chi connectivity index (χ0n) is 16.5. The van der Waals surface area contributed by atoms with Gasteiger partial charge in [-0.3, -0.25) is 4.79 Å². The number of imidazole rings is 1. The summed E-state index contributed by atoms with van der Waals surface area (Å²) in [6.07, 6.45) is 4.06. The molecule has 3 rings (SSSR count). The summed E-state index contributed by atoms with van der Waals surface area (Å²) in [5, 5.41) is 0. The lowest BCUT2D eigenvalue weighted by Crippen LogP contribution is -2.26. The molecule has 3 aromatic rings. The van der Waals surface area contributed by atoms with Gasteiger partial charge in [0.15, 0.2) is 0 Å². The average molecular weight is 383 g/mol. The predicted octanol–water partition coefficient (Wildman–Crippen LogP) is 4.46. The zero-order valence-corrected chi connectivity index (χ0v) is 16.5. The topological polar surface area (TPSA) is 38.1 Å². The van der Waals surface area contributed by atoms with Gasteiger partial charge in [0, 0.05) is 38.3 Å². The molecule has 0 atom stereocenters. The van der Waals surface area contributed by atoms with Gasteiger partial charge >= 0.3 is 0 Å². The quantitative estimate of drug-likeness (QED) is 0.653. The Morgan fingerprint density at radius 3 is 2.61 bits per heavy atom. The first-order valence-corrected chi connectivity index (χ1v) is 9.08. The minimum atomic E-state index is -0.644. The second-order valence-corrected chi connectivity index (χ2v) is 7.07. The summed E-state index contributed by atoms with van der Waals surface area (Å²) in [6.45, 7) is 6.18. The highest BCUT2D eigenvalue weighted by molar-refractivity contribution is 5.72. The molecule has 2 aromatic carbocycles. The summed E-state index contributed by atoms with van der Waals surface area (Å²) in [7, 11) is 1.78. The van der Waals surface area contributed by atoms with Crippen LogP contribution in [0.25, 0.3) is 16.9 Å². The van der Waals surface area contributed by atoms with E-state index in [-0.39, 0.29) is 11.5 Å². The van der Waals surface area contributed by atoms with Crippen molar-refractivity contribution in [2.45, 2.75) is 27.2 Å². The van der Waals surface area contributed by atoms with E-state index >= 15 is 0 Å². The van der Waals surface area contributed by atoms with Gasteiger partial charge in [0.1, 0.15) is 11.6 Å². The Labute approximate surface area is 163 Å². The molecule has 0 aliphatic heterocycles. The molecule has 0 fully saturated rings. The number of aromatic nitrogens is 2. The Hall–Kier alpha value is -3.02. The Bertz CT molecular complexity index is 1030. The number of amides is 1. The van der Waals surface area contributed by atoms with Gasteiger partial charge in [0.2, 0.25) is 5.91 Å². The summed E-state index contributed by atoms with van der Waals surface area (Å²) in [5.74, 6) is -1.25. The molecule has 0 saturated carbocycles. The molecule has 0 N–H and O–H groups in total. The summed E-state index contributed by atoms with van der Waals surface area (Å²) in [4.78, 5) is 17.5. The molecule has 0 bridgehead atoms. The van der Waals surface area contributed by atoms with Crippen LogP contribution in [0.5, 0.6) is 0 Å². The van der Waals surface area contributed by atoms with Crippen LogP contribution in [-0.4, -0.2) is 34.0 Å². The van der Waals surface area contributed by atoms with Crippen LogP contribution in [0.3, 0.4) is 0 Å². The molecule has 0 spiro atoms. The molecule has 28 heavy (non-hydrogen) atoms. The number of carbonyl (C=O) groups is 1. The first-order chi connectivity index (χ1) is 13.3. The number of rotatable bonds is 5. The molecular formula is C22H23F2N3O. The van der Waals surface area contributed by atoms with Crippen LogP contribution in [0.15, 0.2) is 42.9 Å². The largest absolute Gasteiger partial charge is 0.346 e. The molecule has 1 aromatic heterocycles. The normalized spacial score (nSPS) is 10.9. The summed E-state index contributed by atoms with van der Waals surface area (Å²) in [5.41, 5.74) is 4.92. The Kier molecular flexibility index (Phi) is 5.58. The first-order valence-electron chi connectivity index (χ1n) is 9.08.